The van der Waals surface area contributed by atoms with Gasteiger partial charge in [-0.25, -0.2) is 9.59 Å². The van der Waals surface area contributed by atoms with Gasteiger partial charge in [-0.1, -0.05) is 42.5 Å². The highest BCUT2D eigenvalue weighted by molar-refractivity contribution is 5.94. The summed E-state index contributed by atoms with van der Waals surface area (Å²) in [5, 5.41) is 12.7. The molecule has 3 unspecified atom stereocenters. The Morgan fingerprint density at radius 3 is 2.34 bits per heavy atom. The summed E-state index contributed by atoms with van der Waals surface area (Å²) in [6, 6.07) is 15.2. The first-order chi connectivity index (χ1) is 16.8. The van der Waals surface area contributed by atoms with Gasteiger partial charge in [-0.3, -0.25) is 9.69 Å². The Balaban J connectivity index is 1.89. The number of benzene rings is 2. The van der Waals surface area contributed by atoms with Crippen LogP contribution in [0.15, 0.2) is 54.6 Å². The van der Waals surface area contributed by atoms with Gasteiger partial charge in [0, 0.05) is 13.0 Å². The van der Waals surface area contributed by atoms with Gasteiger partial charge in [-0.15, -0.1) is 0 Å². The standard InChI is InChI=1S/C26H32N2O7/c1-18(29)22(23(30)34-3)27-24(31)26(16-19-10-12-21(33-2)13-11-19)14-7-15-28(26)25(32)35-17-20-8-5-4-6-9-20/h4-6,8-13,18,22,29H,7,14-17H2,1-3H3,(H,27,31). The molecule has 35 heavy (non-hydrogen) atoms. The van der Waals surface area contributed by atoms with Crippen LogP contribution in [0.3, 0.4) is 0 Å². The zero-order valence-corrected chi connectivity index (χ0v) is 20.2. The van der Waals surface area contributed by atoms with Gasteiger partial charge < -0.3 is 24.6 Å². The number of carbonyl (C=O) groups excluding carboxylic acids is 3. The van der Waals surface area contributed by atoms with Crippen LogP contribution >= 0.6 is 0 Å². The maximum atomic E-state index is 13.7. The summed E-state index contributed by atoms with van der Waals surface area (Å²) in [4.78, 5) is 40.5. The second-order valence-corrected chi connectivity index (χ2v) is 8.57. The van der Waals surface area contributed by atoms with Gasteiger partial charge in [0.25, 0.3) is 0 Å². The van der Waals surface area contributed by atoms with Crippen molar-refractivity contribution in [3.8, 4) is 5.75 Å². The number of carbonyl (C=O) groups is 3. The number of ether oxygens (including phenoxy) is 3. The van der Waals surface area contributed by atoms with E-state index in [2.05, 4.69) is 5.32 Å². The first-order valence-electron chi connectivity index (χ1n) is 11.5. The molecule has 3 rings (SSSR count). The summed E-state index contributed by atoms with van der Waals surface area (Å²) in [5.74, 6) is -0.666. The molecule has 1 fully saturated rings. The number of nitrogens with zero attached hydrogens (tertiary/aromatic N) is 1. The number of aliphatic hydroxyl groups is 1. The Labute approximate surface area is 205 Å². The third-order valence-corrected chi connectivity index (χ3v) is 6.22. The quantitative estimate of drug-likeness (QED) is 0.526. The van der Waals surface area contributed by atoms with Crippen molar-refractivity contribution in [2.24, 2.45) is 0 Å². The Hall–Kier alpha value is -3.59. The Morgan fingerprint density at radius 1 is 1.06 bits per heavy atom. The summed E-state index contributed by atoms with van der Waals surface area (Å²) >= 11 is 0. The fourth-order valence-corrected chi connectivity index (χ4v) is 4.30. The fraction of sp³-hybridized carbons (Fsp3) is 0.423. The molecule has 0 aliphatic carbocycles. The lowest BCUT2D eigenvalue weighted by molar-refractivity contribution is -0.149. The summed E-state index contributed by atoms with van der Waals surface area (Å²) in [6.07, 6.45) is -0.691. The molecular formula is C26H32N2O7. The van der Waals surface area contributed by atoms with Crippen molar-refractivity contribution in [1.29, 1.82) is 0 Å². The largest absolute Gasteiger partial charge is 0.497 e. The molecule has 0 saturated carbocycles. The fourth-order valence-electron chi connectivity index (χ4n) is 4.30. The lowest BCUT2D eigenvalue weighted by atomic mass is 9.86. The number of esters is 1. The molecule has 1 aliphatic rings. The number of amides is 2. The van der Waals surface area contributed by atoms with Crippen LogP contribution in [0.4, 0.5) is 4.79 Å². The molecule has 9 nitrogen and oxygen atoms in total. The first kappa shape index (κ1) is 26.0. The Morgan fingerprint density at radius 2 is 1.74 bits per heavy atom. The highest BCUT2D eigenvalue weighted by Gasteiger charge is 2.51. The minimum absolute atomic E-state index is 0.0644. The molecule has 1 heterocycles. The van der Waals surface area contributed by atoms with Crippen molar-refractivity contribution in [2.75, 3.05) is 20.8 Å². The maximum absolute atomic E-state index is 13.7. The second kappa shape index (κ2) is 11.7. The number of likely N-dealkylation sites (tertiary alicyclic amines) is 1. The summed E-state index contributed by atoms with van der Waals surface area (Å²) < 4.78 is 15.5. The third-order valence-electron chi connectivity index (χ3n) is 6.22. The minimum Gasteiger partial charge on any atom is -0.497 e. The highest BCUT2D eigenvalue weighted by atomic mass is 16.6. The van der Waals surface area contributed by atoms with Crippen molar-refractivity contribution in [3.05, 3.63) is 65.7 Å². The Bertz CT molecular complexity index is 1010. The zero-order chi connectivity index (χ0) is 25.4. The molecule has 9 heteroatoms. The maximum Gasteiger partial charge on any atom is 0.411 e. The van der Waals surface area contributed by atoms with Crippen molar-refractivity contribution in [1.82, 2.24) is 10.2 Å². The smallest absolute Gasteiger partial charge is 0.411 e. The minimum atomic E-state index is -1.32. The van der Waals surface area contributed by atoms with E-state index in [4.69, 9.17) is 14.2 Å². The zero-order valence-electron chi connectivity index (χ0n) is 20.2. The van der Waals surface area contributed by atoms with Gasteiger partial charge in [0.05, 0.1) is 20.3 Å². The molecule has 188 valence electrons. The molecule has 1 saturated heterocycles. The van der Waals surface area contributed by atoms with Crippen molar-refractivity contribution in [3.63, 3.8) is 0 Å². The van der Waals surface area contributed by atoms with E-state index in [1.165, 1.54) is 18.9 Å². The molecule has 3 atom stereocenters. The molecule has 0 spiro atoms. The average Bonchev–Trinajstić information content (AvgIpc) is 3.30. The SMILES string of the molecule is COC(=O)C(NC(=O)C1(Cc2ccc(OC)cc2)CCCN1C(=O)OCc1ccccc1)C(C)O. The van der Waals surface area contributed by atoms with Gasteiger partial charge in [0.15, 0.2) is 6.04 Å². The van der Waals surface area contributed by atoms with Crippen LogP contribution in [0.5, 0.6) is 5.75 Å². The lowest BCUT2D eigenvalue weighted by Gasteiger charge is -2.37. The van der Waals surface area contributed by atoms with Crippen LogP contribution in [0.2, 0.25) is 0 Å². The molecule has 2 aromatic rings. The number of rotatable bonds is 9. The van der Waals surface area contributed by atoms with Crippen molar-refractivity contribution in [2.45, 2.75) is 50.5 Å². The van der Waals surface area contributed by atoms with Crippen molar-refractivity contribution >= 4 is 18.0 Å². The van der Waals surface area contributed by atoms with Gasteiger partial charge in [0.1, 0.15) is 17.9 Å². The summed E-state index contributed by atoms with van der Waals surface area (Å²) in [7, 11) is 2.74. The summed E-state index contributed by atoms with van der Waals surface area (Å²) in [5.41, 5.74) is 0.310. The number of methoxy groups -OCH3 is 2. The number of aliphatic hydroxyl groups excluding tert-OH is 1. The van der Waals surface area contributed by atoms with Crippen LogP contribution in [-0.2, 0) is 32.1 Å². The molecule has 2 aromatic carbocycles. The number of nitrogens with one attached hydrogen (secondary N) is 1. The molecule has 0 radical (unpaired) electrons. The second-order valence-electron chi connectivity index (χ2n) is 8.57. The van der Waals surface area contributed by atoms with Crippen molar-refractivity contribution < 1.29 is 33.7 Å². The summed E-state index contributed by atoms with van der Waals surface area (Å²) in [6.45, 7) is 1.77. The third kappa shape index (κ3) is 6.10. The van der Waals surface area contributed by atoms with Crippen LogP contribution in [0, 0.1) is 0 Å². The van der Waals surface area contributed by atoms with Gasteiger partial charge >= 0.3 is 12.1 Å². The predicted molar refractivity (Wildman–Crippen MR) is 128 cm³/mol. The topological polar surface area (TPSA) is 114 Å². The molecule has 0 aromatic heterocycles. The van der Waals surface area contributed by atoms with E-state index >= 15 is 0 Å². The first-order valence-corrected chi connectivity index (χ1v) is 11.5. The van der Waals surface area contributed by atoms with Gasteiger partial charge in [0.2, 0.25) is 5.91 Å². The Kier molecular flexibility index (Phi) is 8.70. The van der Waals surface area contributed by atoms with Crippen LogP contribution in [0.1, 0.15) is 30.9 Å². The number of hydrogen-bond acceptors (Lipinski definition) is 7. The molecule has 1 aliphatic heterocycles. The van der Waals surface area contributed by atoms with Crippen LogP contribution in [-0.4, -0.2) is 66.4 Å². The van der Waals surface area contributed by atoms with E-state index in [0.29, 0.717) is 25.1 Å². The molecule has 2 N–H and O–H groups in total. The molecular weight excluding hydrogens is 452 g/mol. The predicted octanol–water partition coefficient (Wildman–Crippen LogP) is 2.45. The van der Waals surface area contributed by atoms with E-state index in [1.807, 2.05) is 42.5 Å². The lowest BCUT2D eigenvalue weighted by Crippen LogP contribution is -2.62. The molecule has 2 amide bonds. The van der Waals surface area contributed by atoms with Crippen LogP contribution < -0.4 is 10.1 Å². The van der Waals surface area contributed by atoms with Gasteiger partial charge in [-0.05, 0) is 43.0 Å². The van der Waals surface area contributed by atoms with E-state index in [-0.39, 0.29) is 13.0 Å². The normalized spacial score (nSPS) is 18.9. The number of hydrogen-bond donors (Lipinski definition) is 2. The van der Waals surface area contributed by atoms with Gasteiger partial charge in [-0.2, -0.15) is 0 Å². The van der Waals surface area contributed by atoms with E-state index in [9.17, 15) is 19.5 Å². The van der Waals surface area contributed by atoms with E-state index < -0.39 is 35.7 Å². The average molecular weight is 485 g/mol. The van der Waals surface area contributed by atoms with E-state index in [0.717, 1.165) is 11.1 Å². The molecule has 0 bridgehead atoms. The van der Waals surface area contributed by atoms with E-state index in [1.54, 1.807) is 19.2 Å². The van der Waals surface area contributed by atoms with Crippen LogP contribution in [0.25, 0.3) is 0 Å². The highest BCUT2D eigenvalue weighted by Crippen LogP contribution is 2.35. The monoisotopic (exact) mass is 484 g/mol.